The second-order valence-corrected chi connectivity index (χ2v) is 9.09. The van der Waals surface area contributed by atoms with Crippen LogP contribution in [0, 0.1) is 0 Å². The second-order valence-electron chi connectivity index (χ2n) is 6.98. The van der Waals surface area contributed by atoms with Crippen LogP contribution >= 0.6 is 0 Å². The summed E-state index contributed by atoms with van der Waals surface area (Å²) in [5, 5.41) is 24.9. The Bertz CT molecular complexity index is 1270. The molecule has 0 aliphatic rings. The molecule has 9 heteroatoms. The van der Waals surface area contributed by atoms with Gasteiger partial charge in [0, 0.05) is 0 Å². The SMILES string of the molecule is CCCS(=O)(=O)c1ccc(Nc2ccccc2C(=O)O)c(Nc2ccccc2C(=O)O)c1. The standard InChI is InChI=1S/C23H22N2O6S/c1-2-13-32(30,31)15-11-12-20(24-18-9-5-3-7-16(18)22(26)27)21(14-15)25-19-10-6-4-8-17(19)23(28)29/h3-12,14,24-25H,2,13H2,1H3,(H,26,27)(H,28,29). The van der Waals surface area contributed by atoms with Crippen LogP contribution < -0.4 is 10.6 Å². The Labute approximate surface area is 185 Å². The average molecular weight is 455 g/mol. The lowest BCUT2D eigenvalue weighted by molar-refractivity contribution is 0.0687. The van der Waals surface area contributed by atoms with Gasteiger partial charge in [0.05, 0.1) is 44.5 Å². The van der Waals surface area contributed by atoms with E-state index in [0.717, 1.165) is 0 Å². The van der Waals surface area contributed by atoms with E-state index in [-0.39, 0.29) is 33.2 Å². The maximum absolute atomic E-state index is 12.6. The highest BCUT2D eigenvalue weighted by Gasteiger charge is 2.18. The van der Waals surface area contributed by atoms with E-state index in [9.17, 15) is 28.2 Å². The smallest absolute Gasteiger partial charge is 0.337 e. The topological polar surface area (TPSA) is 133 Å². The number of carboxylic acids is 2. The van der Waals surface area contributed by atoms with E-state index in [1.54, 1.807) is 43.3 Å². The summed E-state index contributed by atoms with van der Waals surface area (Å²) in [4.78, 5) is 23.2. The molecule has 0 heterocycles. The number of carboxylic acid groups (broad SMARTS) is 2. The van der Waals surface area contributed by atoms with E-state index in [2.05, 4.69) is 10.6 Å². The van der Waals surface area contributed by atoms with Gasteiger partial charge in [0.15, 0.2) is 9.84 Å². The molecule has 0 aliphatic heterocycles. The minimum absolute atomic E-state index is 0.00574. The third-order valence-corrected chi connectivity index (χ3v) is 6.59. The normalized spacial score (nSPS) is 11.0. The molecule has 0 saturated carbocycles. The van der Waals surface area contributed by atoms with Gasteiger partial charge in [0.25, 0.3) is 0 Å². The number of anilines is 4. The summed E-state index contributed by atoms with van der Waals surface area (Å²) in [6, 6.07) is 16.9. The Balaban J connectivity index is 2.12. The van der Waals surface area contributed by atoms with Gasteiger partial charge in [-0.2, -0.15) is 0 Å². The van der Waals surface area contributed by atoms with E-state index in [0.29, 0.717) is 17.8 Å². The van der Waals surface area contributed by atoms with Crippen molar-refractivity contribution in [3.63, 3.8) is 0 Å². The fraction of sp³-hybridized carbons (Fsp3) is 0.130. The molecule has 0 fully saturated rings. The Morgan fingerprint density at radius 2 is 1.25 bits per heavy atom. The maximum Gasteiger partial charge on any atom is 0.337 e. The first-order valence-corrected chi connectivity index (χ1v) is 11.4. The van der Waals surface area contributed by atoms with Crippen molar-refractivity contribution in [3.8, 4) is 0 Å². The summed E-state index contributed by atoms with van der Waals surface area (Å²) in [7, 11) is -3.54. The zero-order valence-electron chi connectivity index (χ0n) is 17.2. The molecule has 0 spiro atoms. The first kappa shape index (κ1) is 22.8. The molecule has 32 heavy (non-hydrogen) atoms. The first-order chi connectivity index (χ1) is 15.2. The number of hydrogen-bond acceptors (Lipinski definition) is 6. The molecule has 0 saturated heterocycles. The van der Waals surface area contributed by atoms with Gasteiger partial charge in [-0.25, -0.2) is 18.0 Å². The van der Waals surface area contributed by atoms with Crippen LogP contribution in [0.2, 0.25) is 0 Å². The summed E-state index contributed by atoms with van der Waals surface area (Å²) in [6.45, 7) is 1.76. The van der Waals surface area contributed by atoms with Crippen LogP contribution in [-0.4, -0.2) is 36.3 Å². The number of nitrogens with one attached hydrogen (secondary N) is 2. The van der Waals surface area contributed by atoms with Crippen molar-refractivity contribution in [2.75, 3.05) is 16.4 Å². The molecule has 0 radical (unpaired) electrons. The third kappa shape index (κ3) is 5.06. The third-order valence-electron chi connectivity index (χ3n) is 4.68. The monoisotopic (exact) mass is 454 g/mol. The largest absolute Gasteiger partial charge is 0.478 e. The van der Waals surface area contributed by atoms with Crippen LogP contribution in [0.4, 0.5) is 22.7 Å². The molecule has 3 rings (SSSR count). The summed E-state index contributed by atoms with van der Waals surface area (Å²) >= 11 is 0. The van der Waals surface area contributed by atoms with Gasteiger partial charge in [-0.15, -0.1) is 0 Å². The van der Waals surface area contributed by atoms with Crippen molar-refractivity contribution >= 4 is 44.5 Å². The fourth-order valence-electron chi connectivity index (χ4n) is 3.16. The van der Waals surface area contributed by atoms with E-state index >= 15 is 0 Å². The molecule has 3 aromatic rings. The summed E-state index contributed by atoms with van der Waals surface area (Å²) in [5.41, 5.74) is 1.28. The van der Waals surface area contributed by atoms with Crippen molar-refractivity contribution in [2.24, 2.45) is 0 Å². The van der Waals surface area contributed by atoms with Crippen molar-refractivity contribution in [1.29, 1.82) is 0 Å². The highest BCUT2D eigenvalue weighted by molar-refractivity contribution is 7.91. The highest BCUT2D eigenvalue weighted by atomic mass is 32.2. The quantitative estimate of drug-likeness (QED) is 0.364. The van der Waals surface area contributed by atoms with Crippen LogP contribution in [-0.2, 0) is 9.84 Å². The Hall–Kier alpha value is -3.85. The number of benzene rings is 3. The Morgan fingerprint density at radius 1 is 0.750 bits per heavy atom. The molecule has 0 bridgehead atoms. The van der Waals surface area contributed by atoms with Gasteiger partial charge in [0.2, 0.25) is 0 Å². The number of para-hydroxylation sites is 2. The fourth-order valence-corrected chi connectivity index (χ4v) is 4.51. The number of rotatable bonds is 9. The summed E-state index contributed by atoms with van der Waals surface area (Å²) < 4.78 is 25.2. The van der Waals surface area contributed by atoms with Gasteiger partial charge in [-0.05, 0) is 48.9 Å². The lowest BCUT2D eigenvalue weighted by Crippen LogP contribution is -2.09. The average Bonchev–Trinajstić information content (AvgIpc) is 2.75. The molecule has 0 aromatic heterocycles. The molecule has 0 amide bonds. The van der Waals surface area contributed by atoms with Gasteiger partial charge in [-0.1, -0.05) is 31.2 Å². The second kappa shape index (κ2) is 9.52. The van der Waals surface area contributed by atoms with Crippen LogP contribution in [0.25, 0.3) is 0 Å². The van der Waals surface area contributed by atoms with Crippen LogP contribution in [0.1, 0.15) is 34.1 Å². The first-order valence-electron chi connectivity index (χ1n) is 9.78. The van der Waals surface area contributed by atoms with E-state index in [1.807, 2.05) is 0 Å². The van der Waals surface area contributed by atoms with E-state index < -0.39 is 21.8 Å². The lowest BCUT2D eigenvalue weighted by Gasteiger charge is -2.18. The van der Waals surface area contributed by atoms with Gasteiger partial charge in [-0.3, -0.25) is 0 Å². The molecule has 0 atom stereocenters. The summed E-state index contributed by atoms with van der Waals surface area (Å²) in [6.07, 6.45) is 0.443. The van der Waals surface area contributed by atoms with Gasteiger partial charge in [0.1, 0.15) is 0 Å². The molecular weight excluding hydrogens is 432 g/mol. The van der Waals surface area contributed by atoms with Crippen LogP contribution in [0.15, 0.2) is 71.6 Å². The highest BCUT2D eigenvalue weighted by Crippen LogP contribution is 2.33. The number of aromatic carboxylic acids is 2. The number of carbonyl (C=O) groups is 2. The maximum atomic E-state index is 12.6. The number of hydrogen-bond donors (Lipinski definition) is 4. The predicted molar refractivity (Wildman–Crippen MR) is 122 cm³/mol. The molecule has 3 aromatic carbocycles. The zero-order valence-corrected chi connectivity index (χ0v) is 18.0. The van der Waals surface area contributed by atoms with E-state index in [4.69, 9.17) is 0 Å². The van der Waals surface area contributed by atoms with E-state index in [1.165, 1.54) is 30.3 Å². The molecule has 0 aliphatic carbocycles. The summed E-state index contributed by atoms with van der Waals surface area (Å²) in [5.74, 6) is -2.30. The van der Waals surface area contributed by atoms with Crippen LogP contribution in [0.5, 0.6) is 0 Å². The van der Waals surface area contributed by atoms with Crippen molar-refractivity contribution in [3.05, 3.63) is 77.9 Å². The molecular formula is C23H22N2O6S. The molecule has 4 N–H and O–H groups in total. The zero-order chi connectivity index (χ0) is 23.3. The van der Waals surface area contributed by atoms with Crippen LogP contribution in [0.3, 0.4) is 0 Å². The minimum atomic E-state index is -3.54. The van der Waals surface area contributed by atoms with Gasteiger partial charge < -0.3 is 20.8 Å². The van der Waals surface area contributed by atoms with Gasteiger partial charge >= 0.3 is 11.9 Å². The number of sulfone groups is 1. The Morgan fingerprint density at radius 3 is 1.75 bits per heavy atom. The van der Waals surface area contributed by atoms with Crippen molar-refractivity contribution in [1.82, 2.24) is 0 Å². The minimum Gasteiger partial charge on any atom is -0.478 e. The molecule has 8 nitrogen and oxygen atoms in total. The molecule has 0 unspecified atom stereocenters. The van der Waals surface area contributed by atoms with Crippen molar-refractivity contribution in [2.45, 2.75) is 18.2 Å². The lowest BCUT2D eigenvalue weighted by atomic mass is 10.1. The Kier molecular flexibility index (Phi) is 6.79. The predicted octanol–water partition coefficient (Wildman–Crippen LogP) is 4.75. The van der Waals surface area contributed by atoms with Crippen molar-refractivity contribution < 1.29 is 28.2 Å². The molecule has 166 valence electrons.